The van der Waals surface area contributed by atoms with Crippen molar-refractivity contribution in [3.05, 3.63) is 109 Å². The monoisotopic (exact) mass is 423 g/mol. The van der Waals surface area contributed by atoms with Crippen LogP contribution in [0.25, 0.3) is 11.8 Å². The summed E-state index contributed by atoms with van der Waals surface area (Å²) in [6, 6.07) is 25.4. The molecule has 0 aliphatic rings. The van der Waals surface area contributed by atoms with Crippen LogP contribution in [0.1, 0.15) is 5.56 Å². The van der Waals surface area contributed by atoms with Crippen LogP contribution in [0, 0.1) is 0 Å². The molecule has 0 saturated carbocycles. The lowest BCUT2D eigenvalue weighted by Gasteiger charge is -2.09. The maximum absolute atomic E-state index is 12.3. The molecule has 0 radical (unpaired) electrons. The number of amides is 3. The predicted octanol–water partition coefficient (Wildman–Crippen LogP) is 5.17. The van der Waals surface area contributed by atoms with Crippen molar-refractivity contribution < 1.29 is 9.59 Å². The molecule has 7 heteroatoms. The fraction of sp³-hybridized carbons (Fsp3) is 0. The Morgan fingerprint density at radius 2 is 1.38 bits per heavy atom. The second-order valence-corrected chi connectivity index (χ2v) is 6.90. The van der Waals surface area contributed by atoms with Crippen LogP contribution in [-0.2, 0) is 4.79 Å². The smallest absolute Gasteiger partial charge is 0.322 e. The minimum absolute atomic E-state index is 0.289. The molecule has 0 atom stereocenters. The van der Waals surface area contributed by atoms with E-state index in [4.69, 9.17) is 0 Å². The van der Waals surface area contributed by atoms with Crippen molar-refractivity contribution >= 4 is 35.1 Å². The van der Waals surface area contributed by atoms with Crippen LogP contribution < -0.4 is 16.0 Å². The van der Waals surface area contributed by atoms with Gasteiger partial charge in [-0.3, -0.25) is 4.79 Å². The number of anilines is 3. The molecule has 1 aromatic heterocycles. The lowest BCUT2D eigenvalue weighted by molar-refractivity contribution is -0.111. The Labute approximate surface area is 185 Å². The highest BCUT2D eigenvalue weighted by Crippen LogP contribution is 2.16. The van der Waals surface area contributed by atoms with E-state index in [0.29, 0.717) is 17.1 Å². The van der Waals surface area contributed by atoms with Crippen molar-refractivity contribution in [3.8, 4) is 5.69 Å². The van der Waals surface area contributed by atoms with Gasteiger partial charge in [-0.1, -0.05) is 42.5 Å². The standard InChI is InChI=1S/C25H21N5O2/c31-24(15-14-19-17-26-30(18-19)23-12-5-2-6-13-23)27-21-10-7-11-22(16-21)29-25(32)28-20-8-3-1-4-9-20/h1-18H,(H,27,31)(H2,28,29,32)/b15-14+. The Morgan fingerprint density at radius 1 is 0.750 bits per heavy atom. The van der Waals surface area contributed by atoms with Crippen LogP contribution in [0.5, 0.6) is 0 Å². The van der Waals surface area contributed by atoms with E-state index in [0.717, 1.165) is 11.3 Å². The van der Waals surface area contributed by atoms with E-state index in [9.17, 15) is 9.59 Å². The Morgan fingerprint density at radius 3 is 2.12 bits per heavy atom. The van der Waals surface area contributed by atoms with E-state index >= 15 is 0 Å². The zero-order valence-electron chi connectivity index (χ0n) is 17.1. The predicted molar refractivity (Wildman–Crippen MR) is 127 cm³/mol. The molecule has 3 aromatic carbocycles. The molecule has 1 heterocycles. The van der Waals surface area contributed by atoms with Crippen LogP contribution in [-0.4, -0.2) is 21.7 Å². The fourth-order valence-corrected chi connectivity index (χ4v) is 2.99. The summed E-state index contributed by atoms with van der Waals surface area (Å²) in [5.74, 6) is -0.289. The van der Waals surface area contributed by atoms with Gasteiger partial charge in [0.2, 0.25) is 5.91 Å². The van der Waals surface area contributed by atoms with E-state index in [2.05, 4.69) is 21.0 Å². The number of benzene rings is 3. The van der Waals surface area contributed by atoms with Gasteiger partial charge in [-0.25, -0.2) is 9.48 Å². The molecule has 3 N–H and O–H groups in total. The van der Waals surface area contributed by atoms with E-state index in [1.807, 2.05) is 54.7 Å². The Hall–Kier alpha value is -4.65. The highest BCUT2D eigenvalue weighted by molar-refractivity contribution is 6.03. The van der Waals surface area contributed by atoms with Crippen LogP contribution in [0.3, 0.4) is 0 Å². The van der Waals surface area contributed by atoms with Gasteiger partial charge in [-0.05, 0) is 48.5 Å². The minimum Gasteiger partial charge on any atom is -0.322 e. The molecular weight excluding hydrogens is 402 g/mol. The lowest BCUT2D eigenvalue weighted by Crippen LogP contribution is -2.19. The number of aromatic nitrogens is 2. The highest BCUT2D eigenvalue weighted by atomic mass is 16.2. The Kier molecular flexibility index (Phi) is 6.38. The van der Waals surface area contributed by atoms with Crippen molar-refractivity contribution in [2.75, 3.05) is 16.0 Å². The van der Waals surface area contributed by atoms with Gasteiger partial charge in [-0.2, -0.15) is 5.10 Å². The third-order valence-corrected chi connectivity index (χ3v) is 4.47. The van der Waals surface area contributed by atoms with Gasteiger partial charge in [0.1, 0.15) is 0 Å². The first-order valence-electron chi connectivity index (χ1n) is 9.98. The summed E-state index contributed by atoms with van der Waals surface area (Å²) < 4.78 is 1.74. The molecule has 0 aliphatic heterocycles. The van der Waals surface area contributed by atoms with E-state index in [-0.39, 0.29) is 11.9 Å². The van der Waals surface area contributed by atoms with Crippen molar-refractivity contribution in [3.63, 3.8) is 0 Å². The number of urea groups is 1. The highest BCUT2D eigenvalue weighted by Gasteiger charge is 2.05. The number of carbonyl (C=O) groups excluding carboxylic acids is 2. The maximum atomic E-state index is 12.3. The number of nitrogens with one attached hydrogen (secondary N) is 3. The minimum atomic E-state index is -0.366. The molecule has 7 nitrogen and oxygen atoms in total. The molecule has 4 aromatic rings. The molecule has 0 fully saturated rings. The van der Waals surface area contributed by atoms with Gasteiger partial charge in [0.15, 0.2) is 0 Å². The molecular formula is C25H21N5O2. The number of hydrogen-bond donors (Lipinski definition) is 3. The zero-order valence-corrected chi connectivity index (χ0v) is 17.1. The maximum Gasteiger partial charge on any atom is 0.323 e. The topological polar surface area (TPSA) is 88.1 Å². The van der Waals surface area contributed by atoms with Crippen LogP contribution in [0.2, 0.25) is 0 Å². The molecule has 3 amide bonds. The van der Waals surface area contributed by atoms with Gasteiger partial charge in [0.25, 0.3) is 0 Å². The van der Waals surface area contributed by atoms with Gasteiger partial charge in [0, 0.05) is 34.9 Å². The summed E-state index contributed by atoms with van der Waals surface area (Å²) in [4.78, 5) is 24.5. The molecule has 0 spiro atoms. The number of carbonyl (C=O) groups is 2. The van der Waals surface area contributed by atoms with Gasteiger partial charge >= 0.3 is 6.03 Å². The van der Waals surface area contributed by atoms with Crippen LogP contribution in [0.15, 0.2) is 103 Å². The molecule has 0 bridgehead atoms. The molecule has 4 rings (SSSR count). The summed E-state index contributed by atoms with van der Waals surface area (Å²) in [6.07, 6.45) is 6.66. The first kappa shape index (κ1) is 20.6. The largest absolute Gasteiger partial charge is 0.323 e. The summed E-state index contributed by atoms with van der Waals surface area (Å²) in [7, 11) is 0. The number of rotatable bonds is 6. The van der Waals surface area contributed by atoms with E-state index < -0.39 is 0 Å². The van der Waals surface area contributed by atoms with Crippen LogP contribution in [0.4, 0.5) is 21.9 Å². The Bertz CT molecular complexity index is 1230. The third-order valence-electron chi connectivity index (χ3n) is 4.47. The zero-order chi connectivity index (χ0) is 22.2. The number of hydrogen-bond acceptors (Lipinski definition) is 3. The quantitative estimate of drug-likeness (QED) is 0.374. The average molecular weight is 423 g/mol. The molecule has 32 heavy (non-hydrogen) atoms. The summed E-state index contributed by atoms with van der Waals surface area (Å²) in [5.41, 5.74) is 3.56. The normalized spacial score (nSPS) is 10.6. The SMILES string of the molecule is O=C(/C=C/c1cnn(-c2ccccc2)c1)Nc1cccc(NC(=O)Nc2ccccc2)c1. The molecule has 0 aliphatic carbocycles. The second kappa shape index (κ2) is 9.90. The van der Waals surface area contributed by atoms with Crippen molar-refractivity contribution in [1.29, 1.82) is 0 Å². The fourth-order valence-electron chi connectivity index (χ4n) is 2.99. The van der Waals surface area contributed by atoms with Gasteiger partial charge in [0.05, 0.1) is 11.9 Å². The number of para-hydroxylation sites is 2. The van der Waals surface area contributed by atoms with Crippen molar-refractivity contribution in [1.82, 2.24) is 9.78 Å². The van der Waals surface area contributed by atoms with Gasteiger partial charge < -0.3 is 16.0 Å². The molecule has 158 valence electrons. The first-order valence-corrected chi connectivity index (χ1v) is 9.98. The molecule has 0 unspecified atom stereocenters. The van der Waals surface area contributed by atoms with Gasteiger partial charge in [-0.15, -0.1) is 0 Å². The average Bonchev–Trinajstić information content (AvgIpc) is 3.28. The Balaban J connectivity index is 1.33. The summed E-state index contributed by atoms with van der Waals surface area (Å²) >= 11 is 0. The first-order chi connectivity index (χ1) is 15.7. The lowest BCUT2D eigenvalue weighted by atomic mass is 10.2. The van der Waals surface area contributed by atoms with Crippen molar-refractivity contribution in [2.45, 2.75) is 0 Å². The molecule has 0 saturated heterocycles. The van der Waals surface area contributed by atoms with E-state index in [1.54, 1.807) is 53.4 Å². The van der Waals surface area contributed by atoms with E-state index in [1.165, 1.54) is 6.08 Å². The number of nitrogens with zero attached hydrogens (tertiary/aromatic N) is 2. The van der Waals surface area contributed by atoms with Crippen molar-refractivity contribution in [2.24, 2.45) is 0 Å². The third kappa shape index (κ3) is 5.70. The second-order valence-electron chi connectivity index (χ2n) is 6.90. The summed E-state index contributed by atoms with van der Waals surface area (Å²) in [5, 5.41) is 12.6. The summed E-state index contributed by atoms with van der Waals surface area (Å²) in [6.45, 7) is 0. The van der Waals surface area contributed by atoms with Crippen LogP contribution >= 0.6 is 0 Å².